The number of nitrogens with one attached hydrogen (secondary N) is 1. The Bertz CT molecular complexity index is 968. The van der Waals surface area contributed by atoms with Crippen molar-refractivity contribution in [1.29, 1.82) is 0 Å². The minimum atomic E-state index is -0.311. The molecule has 0 aliphatic carbocycles. The lowest BCUT2D eigenvalue weighted by Crippen LogP contribution is -2.19. The van der Waals surface area contributed by atoms with Gasteiger partial charge in [0.15, 0.2) is 6.61 Å². The van der Waals surface area contributed by atoms with Crippen molar-refractivity contribution in [2.45, 2.75) is 11.8 Å². The van der Waals surface area contributed by atoms with Crippen LogP contribution in [0.2, 0.25) is 10.0 Å². The van der Waals surface area contributed by atoms with Crippen molar-refractivity contribution in [3.63, 3.8) is 0 Å². The molecule has 0 saturated carbocycles. The van der Waals surface area contributed by atoms with Gasteiger partial charge in [0.05, 0.1) is 17.0 Å². The number of pyridine rings is 1. The van der Waals surface area contributed by atoms with Gasteiger partial charge in [-0.25, -0.2) is 5.43 Å². The number of ether oxygens (including phenoxy) is 1. The van der Waals surface area contributed by atoms with Gasteiger partial charge in [-0.3, -0.25) is 9.78 Å². The number of thioether (sulfide) groups is 1. The van der Waals surface area contributed by atoms with Crippen LogP contribution in [0.3, 0.4) is 0 Å². The predicted molar refractivity (Wildman–Crippen MR) is 106 cm³/mol. The number of aromatic nitrogens is 3. The molecule has 28 heavy (non-hydrogen) atoms. The second-order valence-electron chi connectivity index (χ2n) is 5.19. The van der Waals surface area contributed by atoms with E-state index in [4.69, 9.17) is 32.4 Å². The van der Waals surface area contributed by atoms with Gasteiger partial charge in [-0.15, -0.1) is 10.2 Å². The van der Waals surface area contributed by atoms with Crippen LogP contribution < -0.4 is 10.2 Å². The summed E-state index contributed by atoms with van der Waals surface area (Å²) in [5.41, 5.74) is 3.18. The fourth-order valence-electron chi connectivity index (χ4n) is 1.88. The Morgan fingerprint density at radius 3 is 3.00 bits per heavy atom. The van der Waals surface area contributed by atoms with E-state index in [0.717, 1.165) is 17.3 Å². The van der Waals surface area contributed by atoms with Crippen LogP contribution in [0.15, 0.2) is 57.5 Å². The normalized spacial score (nSPS) is 10.9. The molecule has 8 nitrogen and oxygen atoms in total. The van der Waals surface area contributed by atoms with Gasteiger partial charge in [0.25, 0.3) is 17.0 Å². The van der Waals surface area contributed by atoms with Crippen LogP contribution in [-0.2, 0) is 11.4 Å². The summed E-state index contributed by atoms with van der Waals surface area (Å²) in [6.45, 7) is 0.0382. The number of rotatable bonds is 8. The highest BCUT2D eigenvalue weighted by Gasteiger charge is 2.11. The molecule has 0 spiro atoms. The Morgan fingerprint density at radius 2 is 2.21 bits per heavy atom. The van der Waals surface area contributed by atoms with Gasteiger partial charge in [-0.1, -0.05) is 41.0 Å². The molecule has 1 amide bonds. The third kappa shape index (κ3) is 6.22. The van der Waals surface area contributed by atoms with Gasteiger partial charge in [-0.2, -0.15) is 5.10 Å². The van der Waals surface area contributed by atoms with E-state index in [9.17, 15) is 4.79 Å². The Labute approximate surface area is 174 Å². The largest absolute Gasteiger partial charge is 0.482 e. The Kier molecular flexibility index (Phi) is 7.24. The van der Waals surface area contributed by atoms with Crippen molar-refractivity contribution in [3.8, 4) is 5.75 Å². The van der Waals surface area contributed by atoms with Gasteiger partial charge >= 0.3 is 0 Å². The van der Waals surface area contributed by atoms with Crippen molar-refractivity contribution < 1.29 is 13.9 Å². The second kappa shape index (κ2) is 10.1. The summed E-state index contributed by atoms with van der Waals surface area (Å²) < 4.78 is 10.9. The fourth-order valence-corrected chi connectivity index (χ4v) is 2.91. The van der Waals surface area contributed by atoms with Crippen LogP contribution in [0, 0.1) is 0 Å². The number of hydrazone groups is 1. The van der Waals surface area contributed by atoms with E-state index in [2.05, 4.69) is 25.7 Å². The quantitative estimate of drug-likeness (QED) is 0.326. The molecule has 1 N–H and O–H groups in total. The minimum absolute atomic E-state index is 0.0382. The topological polar surface area (TPSA) is 102 Å². The first-order valence-electron chi connectivity index (χ1n) is 7.85. The Hall–Kier alpha value is -2.62. The monoisotopic (exact) mass is 437 g/mol. The number of hydrogen-bond acceptors (Lipinski definition) is 8. The maximum atomic E-state index is 11.8. The summed E-state index contributed by atoms with van der Waals surface area (Å²) in [7, 11) is 0. The molecule has 0 radical (unpaired) electrons. The van der Waals surface area contributed by atoms with E-state index >= 15 is 0 Å². The van der Waals surface area contributed by atoms with Crippen LogP contribution >= 0.6 is 35.0 Å². The average Bonchev–Trinajstić information content (AvgIpc) is 3.14. The fraction of sp³-hybridized carbons (Fsp3) is 0.118. The van der Waals surface area contributed by atoms with Crippen molar-refractivity contribution >= 4 is 47.1 Å². The zero-order valence-corrected chi connectivity index (χ0v) is 16.5. The van der Waals surface area contributed by atoms with E-state index in [0.29, 0.717) is 15.8 Å². The Balaban J connectivity index is 1.42. The van der Waals surface area contributed by atoms with E-state index in [-0.39, 0.29) is 29.4 Å². The standard InChI is InChI=1S/C17H13Cl2N5O3S/c18-12-3-4-14(13(19)6-12)26-9-16-23-24-17(27-16)28-10-15(25)22-21-8-11-2-1-5-20-7-11/h1-8H,9-10H2,(H,22,25)/b21-8-. The zero-order valence-electron chi connectivity index (χ0n) is 14.2. The molecule has 0 unspecified atom stereocenters. The smallest absolute Gasteiger partial charge is 0.277 e. The van der Waals surface area contributed by atoms with Crippen LogP contribution in [0.4, 0.5) is 0 Å². The molecule has 0 atom stereocenters. The molecule has 0 aliphatic heterocycles. The molecule has 0 bridgehead atoms. The highest BCUT2D eigenvalue weighted by atomic mass is 35.5. The lowest BCUT2D eigenvalue weighted by atomic mass is 10.3. The molecule has 2 aromatic heterocycles. The van der Waals surface area contributed by atoms with Crippen LogP contribution in [0.5, 0.6) is 5.75 Å². The molecule has 0 fully saturated rings. The summed E-state index contributed by atoms with van der Waals surface area (Å²) >= 11 is 12.9. The molecular weight excluding hydrogens is 425 g/mol. The SMILES string of the molecule is O=C(CSc1nnc(COc2ccc(Cl)cc2Cl)o1)N/N=C\c1cccnc1. The molecule has 1 aromatic carbocycles. The summed E-state index contributed by atoms with van der Waals surface area (Å²) in [6.07, 6.45) is 4.78. The summed E-state index contributed by atoms with van der Waals surface area (Å²) in [5.74, 6) is 0.456. The van der Waals surface area contributed by atoms with Crippen LogP contribution in [-0.4, -0.2) is 33.1 Å². The van der Waals surface area contributed by atoms with Crippen molar-refractivity contribution in [3.05, 3.63) is 64.2 Å². The molecule has 2 heterocycles. The van der Waals surface area contributed by atoms with Crippen molar-refractivity contribution in [2.75, 3.05) is 5.75 Å². The number of amides is 1. The third-order valence-corrected chi connectivity index (χ3v) is 4.46. The van der Waals surface area contributed by atoms with Gasteiger partial charge < -0.3 is 9.15 Å². The molecule has 144 valence electrons. The van der Waals surface area contributed by atoms with Gasteiger partial charge in [0, 0.05) is 23.0 Å². The number of carbonyl (C=O) groups excluding carboxylic acids is 1. The lowest BCUT2D eigenvalue weighted by Gasteiger charge is -2.05. The maximum Gasteiger partial charge on any atom is 0.277 e. The van der Waals surface area contributed by atoms with E-state index < -0.39 is 0 Å². The van der Waals surface area contributed by atoms with Crippen LogP contribution in [0.1, 0.15) is 11.5 Å². The second-order valence-corrected chi connectivity index (χ2v) is 6.96. The van der Waals surface area contributed by atoms with Crippen LogP contribution in [0.25, 0.3) is 0 Å². The third-order valence-electron chi connectivity index (χ3n) is 3.11. The molecule has 3 rings (SSSR count). The first-order chi connectivity index (χ1) is 13.6. The summed E-state index contributed by atoms with van der Waals surface area (Å²) in [5, 5.41) is 12.7. The van der Waals surface area contributed by atoms with Crippen molar-refractivity contribution in [1.82, 2.24) is 20.6 Å². The highest BCUT2D eigenvalue weighted by molar-refractivity contribution is 7.99. The van der Waals surface area contributed by atoms with E-state index in [1.165, 1.54) is 6.21 Å². The van der Waals surface area contributed by atoms with E-state index in [1.54, 1.807) is 36.7 Å². The predicted octanol–water partition coefficient (Wildman–Crippen LogP) is 3.59. The molecular formula is C17H13Cl2N5O3S. The number of benzene rings is 1. The maximum absolute atomic E-state index is 11.8. The van der Waals surface area contributed by atoms with Crippen molar-refractivity contribution in [2.24, 2.45) is 5.10 Å². The Morgan fingerprint density at radius 1 is 1.32 bits per heavy atom. The number of halogens is 2. The first kappa shape index (κ1) is 20.1. The zero-order chi connectivity index (χ0) is 19.8. The lowest BCUT2D eigenvalue weighted by molar-refractivity contribution is -0.118. The van der Waals surface area contributed by atoms with Gasteiger partial charge in [-0.05, 0) is 24.3 Å². The molecule has 11 heteroatoms. The number of hydrogen-bond donors (Lipinski definition) is 1. The van der Waals surface area contributed by atoms with E-state index in [1.807, 2.05) is 6.07 Å². The average molecular weight is 438 g/mol. The molecule has 0 saturated heterocycles. The number of nitrogens with zero attached hydrogens (tertiary/aromatic N) is 4. The first-order valence-corrected chi connectivity index (χ1v) is 9.59. The summed E-state index contributed by atoms with van der Waals surface area (Å²) in [4.78, 5) is 15.7. The summed E-state index contributed by atoms with van der Waals surface area (Å²) in [6, 6.07) is 8.47. The molecule has 3 aromatic rings. The highest BCUT2D eigenvalue weighted by Crippen LogP contribution is 2.28. The number of carbonyl (C=O) groups is 1. The minimum Gasteiger partial charge on any atom is -0.482 e. The van der Waals surface area contributed by atoms with Gasteiger partial charge in [0.2, 0.25) is 0 Å². The van der Waals surface area contributed by atoms with Gasteiger partial charge in [0.1, 0.15) is 5.75 Å². The molecule has 0 aliphatic rings.